The molecule has 0 aromatic carbocycles. The summed E-state index contributed by atoms with van der Waals surface area (Å²) in [5.41, 5.74) is 7.27. The van der Waals surface area contributed by atoms with Crippen molar-refractivity contribution >= 4 is 11.8 Å². The molecule has 1 nitrogen and oxygen atoms in total. The van der Waals surface area contributed by atoms with Crippen molar-refractivity contribution in [3.63, 3.8) is 0 Å². The Bertz CT molecular complexity index is 164. The fourth-order valence-corrected chi connectivity index (χ4v) is 0.906. The standard InChI is InChI=1S/C8H13NS/c1-7(2)4-5-10-6-8(3)9/h4-6H,1,9H2,2-3H3/b5-4-,8-6+. The topological polar surface area (TPSA) is 26.0 Å². The van der Waals surface area contributed by atoms with Crippen molar-refractivity contribution in [2.24, 2.45) is 5.73 Å². The third-order valence-corrected chi connectivity index (χ3v) is 1.49. The Kier molecular flexibility index (Phi) is 4.85. The van der Waals surface area contributed by atoms with Gasteiger partial charge in [0.15, 0.2) is 0 Å². The monoisotopic (exact) mass is 155 g/mol. The molecule has 0 fully saturated rings. The van der Waals surface area contributed by atoms with Crippen LogP contribution in [0.15, 0.2) is 34.7 Å². The number of thioether (sulfide) groups is 1. The summed E-state index contributed by atoms with van der Waals surface area (Å²) < 4.78 is 0. The lowest BCUT2D eigenvalue weighted by atomic mass is 10.4. The van der Waals surface area contributed by atoms with E-state index in [1.165, 1.54) is 0 Å². The van der Waals surface area contributed by atoms with Crippen LogP contribution in [0.25, 0.3) is 0 Å². The molecule has 0 radical (unpaired) electrons. The van der Waals surface area contributed by atoms with Crippen LogP contribution in [0.4, 0.5) is 0 Å². The number of nitrogens with two attached hydrogens (primary N) is 1. The highest BCUT2D eigenvalue weighted by Gasteiger charge is 1.75. The van der Waals surface area contributed by atoms with Gasteiger partial charge in [0.25, 0.3) is 0 Å². The van der Waals surface area contributed by atoms with Crippen LogP contribution in [-0.2, 0) is 0 Å². The van der Waals surface area contributed by atoms with E-state index in [9.17, 15) is 0 Å². The van der Waals surface area contributed by atoms with Crippen LogP contribution < -0.4 is 5.73 Å². The zero-order valence-electron chi connectivity index (χ0n) is 6.42. The summed E-state index contributed by atoms with van der Waals surface area (Å²) >= 11 is 1.56. The summed E-state index contributed by atoms with van der Waals surface area (Å²) in [7, 11) is 0. The van der Waals surface area contributed by atoms with Gasteiger partial charge in [-0.1, -0.05) is 18.2 Å². The largest absolute Gasteiger partial charge is 0.402 e. The predicted octanol–water partition coefficient (Wildman–Crippen LogP) is 2.63. The summed E-state index contributed by atoms with van der Waals surface area (Å²) in [6, 6.07) is 0. The lowest BCUT2D eigenvalue weighted by Crippen LogP contribution is -1.86. The van der Waals surface area contributed by atoms with Gasteiger partial charge >= 0.3 is 0 Å². The third kappa shape index (κ3) is 7.37. The van der Waals surface area contributed by atoms with Gasteiger partial charge in [0.2, 0.25) is 0 Å². The molecule has 0 aliphatic heterocycles. The van der Waals surface area contributed by atoms with Gasteiger partial charge in [0, 0.05) is 5.70 Å². The van der Waals surface area contributed by atoms with Gasteiger partial charge in [-0.3, -0.25) is 0 Å². The van der Waals surface area contributed by atoms with Crippen molar-refractivity contribution in [1.29, 1.82) is 0 Å². The maximum atomic E-state index is 5.39. The molecule has 0 rings (SSSR count). The summed E-state index contributed by atoms with van der Waals surface area (Å²) in [6.45, 7) is 7.54. The predicted molar refractivity (Wildman–Crippen MR) is 49.5 cm³/mol. The fraction of sp³-hybridized carbons (Fsp3) is 0.250. The van der Waals surface area contributed by atoms with Gasteiger partial charge in [-0.05, 0) is 24.7 Å². The smallest absolute Gasteiger partial charge is 0.0116 e. The first-order chi connectivity index (χ1) is 4.63. The van der Waals surface area contributed by atoms with Crippen molar-refractivity contribution in [3.8, 4) is 0 Å². The normalized spacial score (nSPS) is 12.4. The first kappa shape index (κ1) is 9.37. The molecule has 0 amide bonds. The second-order valence-corrected chi connectivity index (χ2v) is 2.93. The number of rotatable bonds is 3. The number of hydrogen-bond acceptors (Lipinski definition) is 2. The maximum Gasteiger partial charge on any atom is 0.0116 e. The molecule has 10 heavy (non-hydrogen) atoms. The Morgan fingerprint density at radius 3 is 2.50 bits per heavy atom. The van der Waals surface area contributed by atoms with E-state index in [1.807, 2.05) is 30.7 Å². The van der Waals surface area contributed by atoms with E-state index in [0.717, 1.165) is 11.3 Å². The Morgan fingerprint density at radius 1 is 1.50 bits per heavy atom. The van der Waals surface area contributed by atoms with Crippen LogP contribution in [0, 0.1) is 0 Å². The van der Waals surface area contributed by atoms with Crippen LogP contribution in [0.5, 0.6) is 0 Å². The van der Waals surface area contributed by atoms with E-state index in [2.05, 4.69) is 6.58 Å². The molecule has 0 aromatic heterocycles. The van der Waals surface area contributed by atoms with Gasteiger partial charge < -0.3 is 5.73 Å². The first-order valence-electron chi connectivity index (χ1n) is 3.02. The van der Waals surface area contributed by atoms with Gasteiger partial charge in [0.05, 0.1) is 0 Å². The van der Waals surface area contributed by atoms with E-state index >= 15 is 0 Å². The molecule has 0 aliphatic rings. The summed E-state index contributed by atoms with van der Waals surface area (Å²) in [4.78, 5) is 0. The van der Waals surface area contributed by atoms with Crippen molar-refractivity contribution in [2.75, 3.05) is 0 Å². The molecule has 0 saturated heterocycles. The van der Waals surface area contributed by atoms with E-state index in [1.54, 1.807) is 11.8 Å². The molecular weight excluding hydrogens is 142 g/mol. The maximum absolute atomic E-state index is 5.39. The summed E-state index contributed by atoms with van der Waals surface area (Å²) in [6.07, 6.45) is 1.95. The van der Waals surface area contributed by atoms with E-state index in [4.69, 9.17) is 5.73 Å². The van der Waals surface area contributed by atoms with E-state index in [0.29, 0.717) is 0 Å². The lowest BCUT2D eigenvalue weighted by Gasteiger charge is -1.86. The van der Waals surface area contributed by atoms with Crippen molar-refractivity contribution in [2.45, 2.75) is 13.8 Å². The highest BCUT2D eigenvalue weighted by molar-refractivity contribution is 8.04. The average molecular weight is 155 g/mol. The van der Waals surface area contributed by atoms with Crippen LogP contribution in [0.2, 0.25) is 0 Å². The summed E-state index contributed by atoms with van der Waals surface area (Å²) in [5, 5.41) is 3.85. The molecule has 0 bridgehead atoms. The quantitative estimate of drug-likeness (QED) is 0.634. The third-order valence-electron chi connectivity index (χ3n) is 0.685. The molecule has 0 aliphatic carbocycles. The van der Waals surface area contributed by atoms with Crippen molar-refractivity contribution in [3.05, 3.63) is 34.7 Å². The molecule has 0 unspecified atom stereocenters. The van der Waals surface area contributed by atoms with Gasteiger partial charge in [0.1, 0.15) is 0 Å². The Hall–Kier alpha value is -0.630. The van der Waals surface area contributed by atoms with Gasteiger partial charge in [-0.2, -0.15) is 0 Å². The molecule has 0 spiro atoms. The molecule has 2 N–H and O–H groups in total. The minimum Gasteiger partial charge on any atom is -0.402 e. The summed E-state index contributed by atoms with van der Waals surface area (Å²) in [5.74, 6) is 0. The highest BCUT2D eigenvalue weighted by atomic mass is 32.2. The highest BCUT2D eigenvalue weighted by Crippen LogP contribution is 2.06. The molecular formula is C8H13NS. The molecule has 0 aromatic rings. The zero-order chi connectivity index (χ0) is 7.98. The minimum absolute atomic E-state index is 0.830. The Balaban J connectivity index is 3.55. The average Bonchev–Trinajstić information content (AvgIpc) is 1.79. The Labute approximate surface area is 66.7 Å². The Morgan fingerprint density at radius 2 is 2.10 bits per heavy atom. The van der Waals surface area contributed by atoms with E-state index in [-0.39, 0.29) is 0 Å². The van der Waals surface area contributed by atoms with Crippen LogP contribution in [0.3, 0.4) is 0 Å². The van der Waals surface area contributed by atoms with Crippen LogP contribution in [0.1, 0.15) is 13.8 Å². The van der Waals surface area contributed by atoms with Gasteiger partial charge in [-0.15, -0.1) is 11.8 Å². The van der Waals surface area contributed by atoms with Crippen molar-refractivity contribution < 1.29 is 0 Å². The number of hydrogen-bond donors (Lipinski definition) is 1. The molecule has 2 heteroatoms. The first-order valence-corrected chi connectivity index (χ1v) is 3.97. The van der Waals surface area contributed by atoms with Crippen LogP contribution in [-0.4, -0.2) is 0 Å². The molecule has 0 saturated carbocycles. The SMILES string of the molecule is C=C(C)/C=C\S/C=C(\C)N. The lowest BCUT2D eigenvalue weighted by molar-refractivity contribution is 1.33. The van der Waals surface area contributed by atoms with Gasteiger partial charge in [-0.25, -0.2) is 0 Å². The molecule has 0 atom stereocenters. The zero-order valence-corrected chi connectivity index (χ0v) is 7.24. The molecule has 56 valence electrons. The molecule has 0 heterocycles. The fourth-order valence-electron chi connectivity index (χ4n) is 0.302. The second kappa shape index (κ2) is 5.18. The van der Waals surface area contributed by atoms with E-state index < -0.39 is 0 Å². The minimum atomic E-state index is 0.830. The van der Waals surface area contributed by atoms with Crippen LogP contribution >= 0.6 is 11.8 Å². The number of allylic oxidation sites excluding steroid dienone is 3. The van der Waals surface area contributed by atoms with Crippen molar-refractivity contribution in [1.82, 2.24) is 0 Å². The second-order valence-electron chi connectivity index (χ2n) is 2.15.